The van der Waals surface area contributed by atoms with Crippen molar-refractivity contribution in [1.82, 2.24) is 0 Å². The highest BCUT2D eigenvalue weighted by molar-refractivity contribution is 5.05. The first-order valence-electron chi connectivity index (χ1n) is 6.74. The molecule has 2 fully saturated rings. The third-order valence-corrected chi connectivity index (χ3v) is 5.64. The Balaban J connectivity index is 1.88. The Kier molecular flexibility index (Phi) is 2.87. The summed E-state index contributed by atoms with van der Waals surface area (Å²) in [5, 5.41) is 0. The lowest BCUT2D eigenvalue weighted by Crippen LogP contribution is -2.29. The van der Waals surface area contributed by atoms with Gasteiger partial charge >= 0.3 is 0 Å². The minimum Gasteiger partial charge on any atom is -0.330 e. The first kappa shape index (κ1) is 11.4. The molecule has 0 radical (unpaired) electrons. The molecule has 2 saturated carbocycles. The molecule has 15 heavy (non-hydrogen) atoms. The molecule has 0 aromatic rings. The Labute approximate surface area is 94.8 Å². The molecular formula is C14H27N. The smallest absolute Gasteiger partial charge is 0.00433 e. The van der Waals surface area contributed by atoms with E-state index in [0.29, 0.717) is 5.41 Å². The summed E-state index contributed by atoms with van der Waals surface area (Å²) in [6.45, 7) is 8.16. The first-order valence-corrected chi connectivity index (χ1v) is 6.74. The zero-order valence-electron chi connectivity index (χ0n) is 10.7. The zero-order chi connectivity index (χ0) is 11.1. The van der Waals surface area contributed by atoms with Gasteiger partial charge in [-0.2, -0.15) is 0 Å². The predicted octanol–water partition coefficient (Wildman–Crippen LogP) is 3.58. The molecule has 0 saturated heterocycles. The molecule has 88 valence electrons. The highest BCUT2D eigenvalue weighted by atomic mass is 14.7. The molecule has 0 aromatic heterocycles. The van der Waals surface area contributed by atoms with Gasteiger partial charge in [0.05, 0.1) is 0 Å². The van der Waals surface area contributed by atoms with Crippen LogP contribution in [0.4, 0.5) is 0 Å². The standard InChI is InChI=1S/C14H27N/c1-4-13(2,3)11-5-7-14(8-6-11)9-12(14)10-15/h11-12H,4-10,15H2,1-3H3. The molecule has 0 aromatic carbocycles. The second-order valence-corrected chi connectivity index (χ2v) is 6.62. The number of hydrogen-bond acceptors (Lipinski definition) is 1. The molecule has 1 heteroatoms. The van der Waals surface area contributed by atoms with Gasteiger partial charge in [0, 0.05) is 0 Å². The van der Waals surface area contributed by atoms with Gasteiger partial charge in [0.15, 0.2) is 0 Å². The van der Waals surface area contributed by atoms with Crippen molar-refractivity contribution < 1.29 is 0 Å². The molecule has 0 heterocycles. The van der Waals surface area contributed by atoms with Gasteiger partial charge in [-0.05, 0) is 61.3 Å². The van der Waals surface area contributed by atoms with Crippen molar-refractivity contribution in [3.05, 3.63) is 0 Å². The summed E-state index contributed by atoms with van der Waals surface area (Å²) in [5.74, 6) is 1.84. The van der Waals surface area contributed by atoms with Crippen LogP contribution in [0.25, 0.3) is 0 Å². The Morgan fingerprint density at radius 3 is 2.27 bits per heavy atom. The molecule has 2 N–H and O–H groups in total. The van der Waals surface area contributed by atoms with Gasteiger partial charge in [-0.25, -0.2) is 0 Å². The predicted molar refractivity (Wildman–Crippen MR) is 65.6 cm³/mol. The molecule has 1 unspecified atom stereocenters. The van der Waals surface area contributed by atoms with Crippen molar-refractivity contribution in [1.29, 1.82) is 0 Å². The van der Waals surface area contributed by atoms with E-state index in [2.05, 4.69) is 20.8 Å². The molecule has 2 aliphatic rings. The van der Waals surface area contributed by atoms with Gasteiger partial charge in [0.25, 0.3) is 0 Å². The lowest BCUT2D eigenvalue weighted by atomic mass is 9.66. The number of nitrogens with two attached hydrogens (primary N) is 1. The summed E-state index contributed by atoms with van der Waals surface area (Å²) < 4.78 is 0. The average Bonchev–Trinajstić information content (AvgIpc) is 2.92. The molecule has 2 rings (SSSR count). The minimum absolute atomic E-state index is 0.564. The van der Waals surface area contributed by atoms with Crippen molar-refractivity contribution in [3.8, 4) is 0 Å². The van der Waals surface area contributed by atoms with Crippen LogP contribution in [-0.2, 0) is 0 Å². The summed E-state index contributed by atoms with van der Waals surface area (Å²) in [5.41, 5.74) is 7.07. The van der Waals surface area contributed by atoms with Crippen molar-refractivity contribution >= 4 is 0 Å². The maximum absolute atomic E-state index is 5.79. The first-order chi connectivity index (χ1) is 7.04. The summed E-state index contributed by atoms with van der Waals surface area (Å²) in [6.07, 6.45) is 8.59. The fourth-order valence-electron chi connectivity index (χ4n) is 3.64. The van der Waals surface area contributed by atoms with Crippen LogP contribution in [0.1, 0.15) is 59.3 Å². The zero-order valence-corrected chi connectivity index (χ0v) is 10.7. The largest absolute Gasteiger partial charge is 0.330 e. The van der Waals surface area contributed by atoms with E-state index in [-0.39, 0.29) is 0 Å². The van der Waals surface area contributed by atoms with E-state index in [0.717, 1.165) is 23.8 Å². The van der Waals surface area contributed by atoms with Crippen molar-refractivity contribution in [2.45, 2.75) is 59.3 Å². The van der Waals surface area contributed by atoms with Crippen LogP contribution in [-0.4, -0.2) is 6.54 Å². The normalized spacial score (nSPS) is 40.8. The van der Waals surface area contributed by atoms with Gasteiger partial charge in [-0.1, -0.05) is 27.2 Å². The van der Waals surface area contributed by atoms with Gasteiger partial charge < -0.3 is 5.73 Å². The maximum atomic E-state index is 5.79. The fourth-order valence-corrected chi connectivity index (χ4v) is 3.64. The average molecular weight is 209 g/mol. The van der Waals surface area contributed by atoms with Crippen LogP contribution < -0.4 is 5.73 Å². The van der Waals surface area contributed by atoms with E-state index in [9.17, 15) is 0 Å². The minimum atomic E-state index is 0.564. The summed E-state index contributed by atoms with van der Waals surface area (Å²) in [4.78, 5) is 0. The number of rotatable bonds is 3. The topological polar surface area (TPSA) is 26.0 Å². The third-order valence-electron chi connectivity index (χ3n) is 5.64. The van der Waals surface area contributed by atoms with Gasteiger partial charge in [-0.3, -0.25) is 0 Å². The Morgan fingerprint density at radius 2 is 1.87 bits per heavy atom. The van der Waals surface area contributed by atoms with Gasteiger partial charge in [-0.15, -0.1) is 0 Å². The molecule has 1 atom stereocenters. The van der Waals surface area contributed by atoms with Crippen molar-refractivity contribution in [3.63, 3.8) is 0 Å². The van der Waals surface area contributed by atoms with Gasteiger partial charge in [0.2, 0.25) is 0 Å². The van der Waals surface area contributed by atoms with E-state index in [4.69, 9.17) is 5.73 Å². The summed E-state index contributed by atoms with van der Waals surface area (Å²) >= 11 is 0. The van der Waals surface area contributed by atoms with Crippen LogP contribution in [0.3, 0.4) is 0 Å². The summed E-state index contributed by atoms with van der Waals surface area (Å²) in [7, 11) is 0. The Morgan fingerprint density at radius 1 is 1.27 bits per heavy atom. The maximum Gasteiger partial charge on any atom is -0.00433 e. The Hall–Kier alpha value is -0.0400. The lowest BCUT2D eigenvalue weighted by Gasteiger charge is -2.39. The molecule has 1 spiro atoms. The molecule has 0 amide bonds. The van der Waals surface area contributed by atoms with Gasteiger partial charge in [0.1, 0.15) is 0 Å². The highest BCUT2D eigenvalue weighted by Gasteiger charge is 2.54. The quantitative estimate of drug-likeness (QED) is 0.755. The second-order valence-electron chi connectivity index (χ2n) is 6.62. The second kappa shape index (κ2) is 3.76. The van der Waals surface area contributed by atoms with E-state index in [1.54, 1.807) is 0 Å². The van der Waals surface area contributed by atoms with Crippen molar-refractivity contribution in [2.75, 3.05) is 6.54 Å². The molecule has 0 aliphatic heterocycles. The summed E-state index contributed by atoms with van der Waals surface area (Å²) in [6, 6.07) is 0. The number of hydrogen-bond donors (Lipinski definition) is 1. The van der Waals surface area contributed by atoms with Crippen LogP contribution >= 0.6 is 0 Å². The van der Waals surface area contributed by atoms with Crippen LogP contribution in [0, 0.1) is 22.7 Å². The highest BCUT2D eigenvalue weighted by Crippen LogP contribution is 2.63. The molecule has 1 nitrogen and oxygen atoms in total. The van der Waals surface area contributed by atoms with Crippen molar-refractivity contribution in [2.24, 2.45) is 28.4 Å². The lowest BCUT2D eigenvalue weighted by molar-refractivity contribution is 0.115. The SMILES string of the molecule is CCC(C)(C)C1CCC2(CC1)CC2CN. The molecule has 2 aliphatic carbocycles. The van der Waals surface area contributed by atoms with E-state index < -0.39 is 0 Å². The fraction of sp³-hybridized carbons (Fsp3) is 1.00. The van der Waals surface area contributed by atoms with Crippen LogP contribution in [0.2, 0.25) is 0 Å². The monoisotopic (exact) mass is 209 g/mol. The van der Waals surface area contributed by atoms with E-state index in [1.165, 1.54) is 38.5 Å². The van der Waals surface area contributed by atoms with E-state index in [1.807, 2.05) is 0 Å². The van der Waals surface area contributed by atoms with E-state index >= 15 is 0 Å². The molecule has 0 bridgehead atoms. The molecular weight excluding hydrogens is 182 g/mol. The Bertz CT molecular complexity index is 223. The third kappa shape index (κ3) is 1.95. The van der Waals surface area contributed by atoms with Crippen LogP contribution in [0.5, 0.6) is 0 Å². The van der Waals surface area contributed by atoms with Crippen LogP contribution in [0.15, 0.2) is 0 Å².